The second-order valence-corrected chi connectivity index (χ2v) is 4.25. The summed E-state index contributed by atoms with van der Waals surface area (Å²) in [6, 6.07) is 4.07. The molecule has 0 amide bonds. The molecule has 0 fully saturated rings. The molecule has 0 aliphatic carbocycles. The van der Waals surface area contributed by atoms with Gasteiger partial charge < -0.3 is 5.32 Å². The van der Waals surface area contributed by atoms with Crippen LogP contribution in [0, 0.1) is 6.92 Å². The largest absolute Gasteiger partial charge is 0.310 e. The van der Waals surface area contributed by atoms with E-state index in [1.165, 1.54) is 5.69 Å². The Morgan fingerprint density at radius 2 is 2.06 bits per heavy atom. The van der Waals surface area contributed by atoms with E-state index in [0.717, 1.165) is 24.5 Å². The van der Waals surface area contributed by atoms with Gasteiger partial charge in [-0.25, -0.2) is 9.97 Å². The average molecular weight is 245 g/mol. The van der Waals surface area contributed by atoms with Gasteiger partial charge in [-0.05, 0) is 33.0 Å². The van der Waals surface area contributed by atoms with Gasteiger partial charge in [-0.1, -0.05) is 0 Å². The number of likely N-dealkylation sites (N-methyl/N-ethyl adjacent to an activating group) is 1. The lowest BCUT2D eigenvalue weighted by Crippen LogP contribution is -2.22. The molecule has 18 heavy (non-hydrogen) atoms. The molecule has 1 unspecified atom stereocenters. The first kappa shape index (κ1) is 12.7. The van der Waals surface area contributed by atoms with Crippen LogP contribution in [-0.2, 0) is 13.0 Å². The molecular formula is C13H19N5. The van der Waals surface area contributed by atoms with E-state index in [2.05, 4.69) is 33.4 Å². The first-order valence-corrected chi connectivity index (χ1v) is 6.22. The van der Waals surface area contributed by atoms with Crippen LogP contribution in [0.1, 0.15) is 30.2 Å². The Labute approximate surface area is 107 Å². The van der Waals surface area contributed by atoms with E-state index in [0.29, 0.717) is 0 Å². The molecule has 5 nitrogen and oxygen atoms in total. The maximum atomic E-state index is 4.46. The normalized spacial score (nSPS) is 12.6. The Balaban J connectivity index is 2.20. The van der Waals surface area contributed by atoms with Gasteiger partial charge in [-0.15, -0.1) is 0 Å². The van der Waals surface area contributed by atoms with Crippen molar-refractivity contribution < 1.29 is 0 Å². The standard InChI is InChI=1S/C13H19N5/c1-4-18-11(8-10(2)17-18)9-12(14-3)13-15-6-5-7-16-13/h5-8,12,14H,4,9H2,1-3H3. The second kappa shape index (κ2) is 5.73. The molecule has 0 radical (unpaired) electrons. The van der Waals surface area contributed by atoms with Crippen LogP contribution in [0.5, 0.6) is 0 Å². The molecule has 0 aliphatic rings. The molecule has 96 valence electrons. The highest BCUT2D eigenvalue weighted by atomic mass is 15.3. The molecule has 0 aliphatic heterocycles. The molecule has 2 rings (SSSR count). The number of nitrogens with zero attached hydrogens (tertiary/aromatic N) is 4. The van der Waals surface area contributed by atoms with Crippen molar-refractivity contribution in [3.8, 4) is 0 Å². The van der Waals surface area contributed by atoms with Gasteiger partial charge in [0.1, 0.15) is 5.82 Å². The molecule has 0 saturated heterocycles. The van der Waals surface area contributed by atoms with E-state index in [9.17, 15) is 0 Å². The Hall–Kier alpha value is -1.75. The van der Waals surface area contributed by atoms with Crippen LogP contribution >= 0.6 is 0 Å². The Kier molecular flexibility index (Phi) is 4.04. The van der Waals surface area contributed by atoms with Crippen LogP contribution in [0.2, 0.25) is 0 Å². The van der Waals surface area contributed by atoms with Crippen LogP contribution < -0.4 is 5.32 Å². The zero-order valence-electron chi connectivity index (χ0n) is 11.1. The SMILES string of the molecule is CCn1nc(C)cc1CC(NC)c1ncccn1. The number of aromatic nitrogens is 4. The van der Waals surface area contributed by atoms with Crippen molar-refractivity contribution in [2.75, 3.05) is 7.05 Å². The van der Waals surface area contributed by atoms with Crippen molar-refractivity contribution in [3.05, 3.63) is 41.7 Å². The molecule has 0 aromatic carbocycles. The number of nitrogens with one attached hydrogen (secondary N) is 1. The molecule has 2 aromatic rings. The predicted octanol–water partition coefficient (Wildman–Crippen LogP) is 1.50. The van der Waals surface area contributed by atoms with Gasteiger partial charge >= 0.3 is 0 Å². The summed E-state index contributed by atoms with van der Waals surface area (Å²) in [7, 11) is 1.93. The number of aryl methyl sites for hydroxylation is 2. The first-order chi connectivity index (χ1) is 8.74. The Bertz CT molecular complexity index is 491. The van der Waals surface area contributed by atoms with E-state index in [-0.39, 0.29) is 6.04 Å². The van der Waals surface area contributed by atoms with Gasteiger partial charge in [0.15, 0.2) is 0 Å². The first-order valence-electron chi connectivity index (χ1n) is 6.22. The second-order valence-electron chi connectivity index (χ2n) is 4.25. The maximum Gasteiger partial charge on any atom is 0.145 e. The smallest absolute Gasteiger partial charge is 0.145 e. The van der Waals surface area contributed by atoms with Crippen molar-refractivity contribution >= 4 is 0 Å². The summed E-state index contributed by atoms with van der Waals surface area (Å²) in [5.41, 5.74) is 2.26. The molecule has 2 heterocycles. The summed E-state index contributed by atoms with van der Waals surface area (Å²) in [5.74, 6) is 0.821. The van der Waals surface area contributed by atoms with Crippen LogP contribution in [0.15, 0.2) is 24.5 Å². The van der Waals surface area contributed by atoms with E-state index in [4.69, 9.17) is 0 Å². The molecule has 1 atom stereocenters. The summed E-state index contributed by atoms with van der Waals surface area (Å²) in [6.07, 6.45) is 4.39. The summed E-state index contributed by atoms with van der Waals surface area (Å²) in [4.78, 5) is 8.61. The zero-order chi connectivity index (χ0) is 13.0. The van der Waals surface area contributed by atoms with E-state index in [1.54, 1.807) is 12.4 Å². The highest BCUT2D eigenvalue weighted by molar-refractivity contribution is 5.12. The van der Waals surface area contributed by atoms with Gasteiger partial charge in [0.05, 0.1) is 11.7 Å². The van der Waals surface area contributed by atoms with Gasteiger partial charge in [0, 0.05) is 31.1 Å². The van der Waals surface area contributed by atoms with Crippen molar-refractivity contribution in [1.82, 2.24) is 25.1 Å². The molecule has 5 heteroatoms. The minimum Gasteiger partial charge on any atom is -0.310 e. The lowest BCUT2D eigenvalue weighted by molar-refractivity contribution is 0.520. The van der Waals surface area contributed by atoms with Crippen LogP contribution in [-0.4, -0.2) is 26.8 Å². The number of rotatable bonds is 5. The minimum absolute atomic E-state index is 0.118. The number of hydrogen-bond acceptors (Lipinski definition) is 4. The fourth-order valence-electron chi connectivity index (χ4n) is 2.06. The van der Waals surface area contributed by atoms with Crippen LogP contribution in [0.25, 0.3) is 0 Å². The molecule has 1 N–H and O–H groups in total. The van der Waals surface area contributed by atoms with Crippen molar-refractivity contribution in [2.45, 2.75) is 32.9 Å². The van der Waals surface area contributed by atoms with Crippen molar-refractivity contribution in [1.29, 1.82) is 0 Å². The van der Waals surface area contributed by atoms with E-state index >= 15 is 0 Å². The summed E-state index contributed by atoms with van der Waals surface area (Å²) in [6.45, 7) is 5.00. The molecule has 0 saturated carbocycles. The fourth-order valence-corrected chi connectivity index (χ4v) is 2.06. The third kappa shape index (κ3) is 2.73. The summed E-state index contributed by atoms with van der Waals surface area (Å²) < 4.78 is 2.03. The molecule has 0 bridgehead atoms. The monoisotopic (exact) mass is 245 g/mol. The van der Waals surface area contributed by atoms with E-state index < -0.39 is 0 Å². The van der Waals surface area contributed by atoms with Gasteiger partial charge in [0.25, 0.3) is 0 Å². The van der Waals surface area contributed by atoms with Gasteiger partial charge in [-0.3, -0.25) is 4.68 Å². The van der Waals surface area contributed by atoms with E-state index in [1.807, 2.05) is 24.7 Å². The van der Waals surface area contributed by atoms with Crippen molar-refractivity contribution in [3.63, 3.8) is 0 Å². The Morgan fingerprint density at radius 3 is 2.67 bits per heavy atom. The fraction of sp³-hybridized carbons (Fsp3) is 0.462. The highest BCUT2D eigenvalue weighted by Crippen LogP contribution is 2.15. The third-order valence-corrected chi connectivity index (χ3v) is 2.94. The number of hydrogen-bond donors (Lipinski definition) is 1. The topological polar surface area (TPSA) is 55.6 Å². The maximum absolute atomic E-state index is 4.46. The highest BCUT2D eigenvalue weighted by Gasteiger charge is 2.15. The average Bonchev–Trinajstić information content (AvgIpc) is 2.77. The van der Waals surface area contributed by atoms with Gasteiger partial charge in [-0.2, -0.15) is 5.10 Å². The minimum atomic E-state index is 0.118. The van der Waals surface area contributed by atoms with Crippen LogP contribution in [0.4, 0.5) is 0 Å². The Morgan fingerprint density at radius 1 is 1.33 bits per heavy atom. The third-order valence-electron chi connectivity index (χ3n) is 2.94. The van der Waals surface area contributed by atoms with Crippen molar-refractivity contribution in [2.24, 2.45) is 0 Å². The lowest BCUT2D eigenvalue weighted by Gasteiger charge is -2.14. The zero-order valence-corrected chi connectivity index (χ0v) is 11.1. The van der Waals surface area contributed by atoms with Crippen LogP contribution in [0.3, 0.4) is 0 Å². The molecule has 2 aromatic heterocycles. The summed E-state index contributed by atoms with van der Waals surface area (Å²) in [5, 5.41) is 7.72. The quantitative estimate of drug-likeness (QED) is 0.867. The predicted molar refractivity (Wildman–Crippen MR) is 70.2 cm³/mol. The molecular weight excluding hydrogens is 226 g/mol. The summed E-state index contributed by atoms with van der Waals surface area (Å²) >= 11 is 0. The van der Waals surface area contributed by atoms with Gasteiger partial charge in [0.2, 0.25) is 0 Å². The lowest BCUT2D eigenvalue weighted by atomic mass is 10.1. The molecule has 0 spiro atoms.